The van der Waals surface area contributed by atoms with Crippen molar-refractivity contribution in [2.45, 2.75) is 31.1 Å². The Morgan fingerprint density at radius 2 is 1.90 bits per heavy atom. The third-order valence-electron chi connectivity index (χ3n) is 4.52. The minimum absolute atomic E-state index is 0.0782. The second kappa shape index (κ2) is 9.73. The lowest BCUT2D eigenvalue weighted by molar-refractivity contribution is -0.118. The summed E-state index contributed by atoms with van der Waals surface area (Å²) in [5.41, 5.74) is 1.54. The van der Waals surface area contributed by atoms with Gasteiger partial charge in [-0.25, -0.2) is 13.4 Å². The first kappa shape index (κ1) is 21.8. The van der Waals surface area contributed by atoms with E-state index in [9.17, 15) is 13.2 Å². The van der Waals surface area contributed by atoms with E-state index in [-0.39, 0.29) is 17.4 Å². The van der Waals surface area contributed by atoms with E-state index in [0.717, 1.165) is 12.0 Å². The smallest absolute Gasteiger partial charge is 0.263 e. The molecule has 3 rings (SSSR count). The third kappa shape index (κ3) is 5.58. The van der Waals surface area contributed by atoms with E-state index in [2.05, 4.69) is 28.9 Å². The van der Waals surface area contributed by atoms with Crippen LogP contribution in [0.4, 0.5) is 10.8 Å². The zero-order valence-corrected chi connectivity index (χ0v) is 18.3. The molecule has 0 spiro atoms. The lowest BCUT2D eigenvalue weighted by atomic mass is 9.98. The van der Waals surface area contributed by atoms with Gasteiger partial charge in [-0.3, -0.25) is 9.52 Å². The van der Waals surface area contributed by atoms with Crippen molar-refractivity contribution in [1.29, 1.82) is 0 Å². The van der Waals surface area contributed by atoms with Crippen molar-refractivity contribution >= 4 is 38.1 Å². The summed E-state index contributed by atoms with van der Waals surface area (Å²) in [6.07, 6.45) is 2.49. The number of nitrogens with one attached hydrogen (secondary N) is 2. The molecule has 2 N–H and O–H groups in total. The number of thiazole rings is 1. The number of benzene rings is 2. The zero-order valence-electron chi connectivity index (χ0n) is 16.7. The second-order valence-corrected chi connectivity index (χ2v) is 9.23. The van der Waals surface area contributed by atoms with Crippen LogP contribution in [-0.4, -0.2) is 25.9 Å². The highest BCUT2D eigenvalue weighted by Gasteiger charge is 2.16. The maximum absolute atomic E-state index is 12.4. The Bertz CT molecular complexity index is 1080. The first-order chi connectivity index (χ1) is 14.4. The number of carbonyl (C=O) groups is 1. The van der Waals surface area contributed by atoms with E-state index >= 15 is 0 Å². The number of sulfonamides is 1. The van der Waals surface area contributed by atoms with Gasteiger partial charge in [-0.15, -0.1) is 11.3 Å². The quantitative estimate of drug-likeness (QED) is 0.506. The number of amides is 1. The summed E-state index contributed by atoms with van der Waals surface area (Å²) >= 11 is 1.19. The van der Waals surface area contributed by atoms with Crippen molar-refractivity contribution in [2.24, 2.45) is 0 Å². The van der Waals surface area contributed by atoms with E-state index < -0.39 is 10.0 Å². The van der Waals surface area contributed by atoms with Crippen molar-refractivity contribution in [2.75, 3.05) is 16.6 Å². The van der Waals surface area contributed by atoms with Crippen LogP contribution in [0.3, 0.4) is 0 Å². The number of aromatic nitrogens is 1. The fourth-order valence-corrected chi connectivity index (χ4v) is 4.53. The Hall–Kier alpha value is -2.91. The summed E-state index contributed by atoms with van der Waals surface area (Å²) in [6, 6.07) is 13.6. The third-order valence-corrected chi connectivity index (χ3v) is 6.70. The fraction of sp³-hybridized carbons (Fsp3) is 0.238. The van der Waals surface area contributed by atoms with Crippen LogP contribution in [0.2, 0.25) is 0 Å². The van der Waals surface area contributed by atoms with Crippen LogP contribution in [0, 0.1) is 0 Å². The molecule has 7 nitrogen and oxygen atoms in total. The second-order valence-electron chi connectivity index (χ2n) is 6.65. The monoisotopic (exact) mass is 445 g/mol. The molecule has 9 heteroatoms. The van der Waals surface area contributed by atoms with Crippen molar-refractivity contribution < 1.29 is 17.9 Å². The van der Waals surface area contributed by atoms with Gasteiger partial charge in [0.25, 0.3) is 15.9 Å². The van der Waals surface area contributed by atoms with Gasteiger partial charge in [0.15, 0.2) is 11.7 Å². The highest BCUT2D eigenvalue weighted by Crippen LogP contribution is 2.28. The molecule has 0 fully saturated rings. The van der Waals surface area contributed by atoms with Crippen LogP contribution in [-0.2, 0) is 14.8 Å². The average molecular weight is 446 g/mol. The summed E-state index contributed by atoms with van der Waals surface area (Å²) in [4.78, 5) is 16.2. The Kier molecular flexibility index (Phi) is 7.07. The highest BCUT2D eigenvalue weighted by molar-refractivity contribution is 7.93. The van der Waals surface area contributed by atoms with Crippen LogP contribution in [0.5, 0.6) is 5.75 Å². The zero-order chi connectivity index (χ0) is 21.6. The number of hydrogen-bond donors (Lipinski definition) is 2. The summed E-state index contributed by atoms with van der Waals surface area (Å²) in [5.74, 6) is 0.693. The van der Waals surface area contributed by atoms with Crippen molar-refractivity contribution in [3.05, 3.63) is 65.7 Å². The molecular formula is C21H23N3O4S2. The Morgan fingerprint density at radius 3 is 2.57 bits per heavy atom. The molecule has 0 saturated carbocycles. The molecule has 0 aliphatic carbocycles. The van der Waals surface area contributed by atoms with Crippen LogP contribution in [0.25, 0.3) is 0 Å². The van der Waals surface area contributed by atoms with E-state index in [1.54, 1.807) is 5.38 Å². The van der Waals surface area contributed by atoms with Gasteiger partial charge in [0.2, 0.25) is 0 Å². The molecule has 0 unspecified atom stereocenters. The predicted molar refractivity (Wildman–Crippen MR) is 119 cm³/mol. The Morgan fingerprint density at radius 1 is 1.17 bits per heavy atom. The topological polar surface area (TPSA) is 97.4 Å². The largest absolute Gasteiger partial charge is 0.483 e. The molecule has 0 aliphatic heterocycles. The van der Waals surface area contributed by atoms with Gasteiger partial charge in [0.1, 0.15) is 5.75 Å². The Balaban J connectivity index is 1.59. The van der Waals surface area contributed by atoms with Crippen molar-refractivity contribution in [3.63, 3.8) is 0 Å². The van der Waals surface area contributed by atoms with Gasteiger partial charge < -0.3 is 10.1 Å². The van der Waals surface area contributed by atoms with Gasteiger partial charge >= 0.3 is 0 Å². The minimum atomic E-state index is -3.73. The van der Waals surface area contributed by atoms with Crippen LogP contribution < -0.4 is 14.8 Å². The van der Waals surface area contributed by atoms with Gasteiger partial charge in [0.05, 0.1) is 4.90 Å². The number of anilines is 2. The molecule has 1 amide bonds. The van der Waals surface area contributed by atoms with E-state index in [0.29, 0.717) is 22.5 Å². The van der Waals surface area contributed by atoms with Crippen LogP contribution in [0.1, 0.15) is 31.7 Å². The predicted octanol–water partition coefficient (Wildman–Crippen LogP) is 4.47. The highest BCUT2D eigenvalue weighted by atomic mass is 32.2. The van der Waals surface area contributed by atoms with Gasteiger partial charge in [-0.1, -0.05) is 32.0 Å². The van der Waals surface area contributed by atoms with Gasteiger partial charge in [0, 0.05) is 17.3 Å². The summed E-state index contributed by atoms with van der Waals surface area (Å²) in [6.45, 7) is 4.07. The number of hydrogen-bond acceptors (Lipinski definition) is 6. The molecule has 0 radical (unpaired) electrons. The SMILES string of the molecule is CC[C@H](C)c1ccccc1OCC(=O)Nc1ccc(S(=O)(=O)Nc2nccs2)cc1. The van der Waals surface area contributed by atoms with Crippen LogP contribution >= 0.6 is 11.3 Å². The summed E-state index contributed by atoms with van der Waals surface area (Å²) in [5, 5.41) is 4.68. The maximum atomic E-state index is 12.4. The molecule has 0 saturated heterocycles. The van der Waals surface area contributed by atoms with Gasteiger partial charge in [-0.05, 0) is 48.2 Å². The molecule has 1 heterocycles. The minimum Gasteiger partial charge on any atom is -0.483 e. The molecule has 0 aliphatic rings. The first-order valence-electron chi connectivity index (χ1n) is 9.43. The van der Waals surface area contributed by atoms with Crippen molar-refractivity contribution in [1.82, 2.24) is 4.98 Å². The molecular weight excluding hydrogens is 422 g/mol. The lowest BCUT2D eigenvalue weighted by Gasteiger charge is -2.15. The van der Waals surface area contributed by atoms with E-state index in [1.807, 2.05) is 24.3 Å². The van der Waals surface area contributed by atoms with Crippen molar-refractivity contribution in [3.8, 4) is 5.75 Å². The molecule has 2 aromatic carbocycles. The molecule has 1 atom stereocenters. The molecule has 3 aromatic rings. The fourth-order valence-electron chi connectivity index (χ4n) is 2.74. The number of ether oxygens (including phenoxy) is 1. The first-order valence-corrected chi connectivity index (χ1v) is 11.8. The van der Waals surface area contributed by atoms with E-state index in [4.69, 9.17) is 4.74 Å². The van der Waals surface area contributed by atoms with Crippen LogP contribution in [0.15, 0.2) is 65.0 Å². The number of nitrogens with zero attached hydrogens (tertiary/aromatic N) is 1. The summed E-state index contributed by atoms with van der Waals surface area (Å²) in [7, 11) is -3.73. The maximum Gasteiger partial charge on any atom is 0.263 e. The molecule has 1 aromatic heterocycles. The lowest BCUT2D eigenvalue weighted by Crippen LogP contribution is -2.20. The molecule has 158 valence electrons. The molecule has 30 heavy (non-hydrogen) atoms. The summed E-state index contributed by atoms with van der Waals surface area (Å²) < 4.78 is 32.8. The molecule has 0 bridgehead atoms. The Labute approximate surface area is 180 Å². The number of carbonyl (C=O) groups excluding carboxylic acids is 1. The van der Waals surface area contributed by atoms with Gasteiger partial charge in [-0.2, -0.15) is 0 Å². The number of rotatable bonds is 9. The average Bonchev–Trinajstić information content (AvgIpc) is 3.24. The standard InChI is InChI=1S/C21H23N3O4S2/c1-3-15(2)18-6-4-5-7-19(18)28-14-20(25)23-16-8-10-17(11-9-16)30(26,27)24-21-22-12-13-29-21/h4-13,15H,3,14H2,1-2H3,(H,22,24)(H,23,25)/t15-/m0/s1. The number of para-hydroxylation sites is 1. The van der Waals surface area contributed by atoms with E-state index in [1.165, 1.54) is 41.8 Å². The normalized spacial score (nSPS) is 12.2.